The van der Waals surface area contributed by atoms with Crippen LogP contribution in [0.5, 0.6) is 11.5 Å². The first kappa shape index (κ1) is 21.9. The number of hydrogen-bond acceptors (Lipinski definition) is 7. The van der Waals surface area contributed by atoms with Crippen LogP contribution in [0.4, 0.5) is 23.1 Å². The van der Waals surface area contributed by atoms with E-state index in [0.29, 0.717) is 29.6 Å². The SMILES string of the molecule is COc1ccc(Nc2nc(Nc3ccc(CNC(C)=O)cc3)nc3c(OC)cccc23)cc1. The van der Waals surface area contributed by atoms with Gasteiger partial charge in [0.05, 0.1) is 14.2 Å². The Balaban J connectivity index is 1.65. The fourth-order valence-corrected chi connectivity index (χ4v) is 3.31. The van der Waals surface area contributed by atoms with Crippen molar-refractivity contribution in [1.82, 2.24) is 15.3 Å². The molecule has 4 rings (SSSR count). The highest BCUT2D eigenvalue weighted by atomic mass is 16.5. The van der Waals surface area contributed by atoms with Gasteiger partial charge in [0.15, 0.2) is 0 Å². The van der Waals surface area contributed by atoms with Crippen molar-refractivity contribution in [3.05, 3.63) is 72.3 Å². The zero-order valence-corrected chi connectivity index (χ0v) is 18.7. The minimum Gasteiger partial charge on any atom is -0.497 e. The molecule has 0 aliphatic heterocycles. The van der Waals surface area contributed by atoms with Crippen molar-refractivity contribution in [2.24, 2.45) is 0 Å². The van der Waals surface area contributed by atoms with Crippen molar-refractivity contribution >= 4 is 40.0 Å². The number of amides is 1. The lowest BCUT2D eigenvalue weighted by atomic mass is 10.2. The third-order valence-corrected chi connectivity index (χ3v) is 5.01. The summed E-state index contributed by atoms with van der Waals surface area (Å²) in [5.41, 5.74) is 3.38. The number of nitrogens with zero attached hydrogens (tertiary/aromatic N) is 2. The molecule has 0 saturated heterocycles. The molecule has 3 aromatic carbocycles. The second-order valence-electron chi connectivity index (χ2n) is 7.34. The van der Waals surface area contributed by atoms with Crippen molar-refractivity contribution in [1.29, 1.82) is 0 Å². The van der Waals surface area contributed by atoms with E-state index >= 15 is 0 Å². The van der Waals surface area contributed by atoms with Crippen molar-refractivity contribution < 1.29 is 14.3 Å². The number of anilines is 4. The van der Waals surface area contributed by atoms with E-state index in [4.69, 9.17) is 14.5 Å². The highest BCUT2D eigenvalue weighted by Crippen LogP contribution is 2.32. The van der Waals surface area contributed by atoms with Gasteiger partial charge in [-0.3, -0.25) is 4.79 Å². The van der Waals surface area contributed by atoms with Gasteiger partial charge in [-0.15, -0.1) is 0 Å². The van der Waals surface area contributed by atoms with Crippen LogP contribution in [0.15, 0.2) is 66.7 Å². The molecule has 1 amide bonds. The van der Waals surface area contributed by atoms with Gasteiger partial charge < -0.3 is 25.4 Å². The summed E-state index contributed by atoms with van der Waals surface area (Å²) < 4.78 is 10.8. The molecule has 3 N–H and O–H groups in total. The number of carbonyl (C=O) groups excluding carboxylic acids is 1. The van der Waals surface area contributed by atoms with Crippen LogP contribution < -0.4 is 25.4 Å². The van der Waals surface area contributed by atoms with Crippen LogP contribution >= 0.6 is 0 Å². The summed E-state index contributed by atoms with van der Waals surface area (Å²) in [5, 5.41) is 10.3. The van der Waals surface area contributed by atoms with Crippen LogP contribution in [0.2, 0.25) is 0 Å². The normalized spacial score (nSPS) is 10.5. The first-order valence-electron chi connectivity index (χ1n) is 10.4. The van der Waals surface area contributed by atoms with Gasteiger partial charge in [-0.25, -0.2) is 4.98 Å². The summed E-state index contributed by atoms with van der Waals surface area (Å²) in [7, 11) is 3.26. The molecule has 8 nitrogen and oxygen atoms in total. The van der Waals surface area contributed by atoms with Crippen LogP contribution in [-0.2, 0) is 11.3 Å². The van der Waals surface area contributed by atoms with E-state index in [1.165, 1.54) is 6.92 Å². The molecule has 33 heavy (non-hydrogen) atoms. The Bertz CT molecular complexity index is 1260. The lowest BCUT2D eigenvalue weighted by Crippen LogP contribution is -2.18. The van der Waals surface area contributed by atoms with E-state index in [1.807, 2.05) is 66.7 Å². The zero-order valence-electron chi connectivity index (χ0n) is 18.7. The van der Waals surface area contributed by atoms with E-state index in [0.717, 1.165) is 28.1 Å². The maximum atomic E-state index is 11.1. The Hall–Kier alpha value is -4.33. The molecular formula is C25H25N5O3. The highest BCUT2D eigenvalue weighted by Gasteiger charge is 2.12. The summed E-state index contributed by atoms with van der Waals surface area (Å²) in [6.45, 7) is 1.98. The largest absolute Gasteiger partial charge is 0.497 e. The third-order valence-electron chi connectivity index (χ3n) is 5.01. The van der Waals surface area contributed by atoms with Crippen LogP contribution in [0.25, 0.3) is 10.9 Å². The van der Waals surface area contributed by atoms with E-state index in [1.54, 1.807) is 14.2 Å². The predicted molar refractivity (Wildman–Crippen MR) is 130 cm³/mol. The minimum atomic E-state index is -0.0624. The van der Waals surface area contributed by atoms with Crippen molar-refractivity contribution in [2.75, 3.05) is 24.9 Å². The number of carbonyl (C=O) groups is 1. The van der Waals surface area contributed by atoms with Crippen LogP contribution in [-0.4, -0.2) is 30.1 Å². The van der Waals surface area contributed by atoms with Gasteiger partial charge in [-0.2, -0.15) is 4.98 Å². The van der Waals surface area contributed by atoms with Gasteiger partial charge in [0.25, 0.3) is 0 Å². The molecule has 0 fully saturated rings. The molecule has 0 aliphatic carbocycles. The van der Waals surface area contributed by atoms with E-state index in [2.05, 4.69) is 20.9 Å². The fraction of sp³-hybridized carbons (Fsp3) is 0.160. The van der Waals surface area contributed by atoms with Gasteiger partial charge in [-0.05, 0) is 54.1 Å². The smallest absolute Gasteiger partial charge is 0.229 e. The molecule has 0 bridgehead atoms. The second kappa shape index (κ2) is 9.86. The molecule has 0 unspecified atom stereocenters. The van der Waals surface area contributed by atoms with E-state index in [9.17, 15) is 4.79 Å². The number of fused-ring (bicyclic) bond motifs is 1. The number of aromatic nitrogens is 2. The summed E-state index contributed by atoms with van der Waals surface area (Å²) >= 11 is 0. The number of methoxy groups -OCH3 is 2. The molecule has 0 atom stereocenters. The zero-order chi connectivity index (χ0) is 23.2. The Morgan fingerprint density at radius 2 is 1.55 bits per heavy atom. The maximum Gasteiger partial charge on any atom is 0.229 e. The number of rotatable bonds is 8. The van der Waals surface area contributed by atoms with Gasteiger partial charge in [0, 0.05) is 30.2 Å². The topological polar surface area (TPSA) is 97.4 Å². The van der Waals surface area contributed by atoms with Gasteiger partial charge in [0.1, 0.15) is 22.8 Å². The maximum absolute atomic E-state index is 11.1. The van der Waals surface area contributed by atoms with Crippen molar-refractivity contribution in [2.45, 2.75) is 13.5 Å². The number of para-hydroxylation sites is 1. The van der Waals surface area contributed by atoms with Gasteiger partial charge >= 0.3 is 0 Å². The van der Waals surface area contributed by atoms with Crippen LogP contribution in [0.3, 0.4) is 0 Å². The van der Waals surface area contributed by atoms with Crippen molar-refractivity contribution in [3.8, 4) is 11.5 Å². The molecule has 0 spiro atoms. The van der Waals surface area contributed by atoms with Gasteiger partial charge in [0.2, 0.25) is 11.9 Å². The van der Waals surface area contributed by atoms with Crippen molar-refractivity contribution in [3.63, 3.8) is 0 Å². The Morgan fingerprint density at radius 3 is 2.21 bits per heavy atom. The Morgan fingerprint density at radius 1 is 0.848 bits per heavy atom. The van der Waals surface area contributed by atoms with E-state index < -0.39 is 0 Å². The van der Waals surface area contributed by atoms with E-state index in [-0.39, 0.29) is 5.91 Å². The summed E-state index contributed by atoms with van der Waals surface area (Å²) in [6, 6.07) is 21.1. The lowest BCUT2D eigenvalue weighted by Gasteiger charge is -2.14. The number of benzene rings is 3. The molecule has 4 aromatic rings. The molecular weight excluding hydrogens is 418 g/mol. The Kier molecular flexibility index (Phi) is 6.54. The average Bonchev–Trinajstić information content (AvgIpc) is 2.83. The Labute approximate surface area is 192 Å². The summed E-state index contributed by atoms with van der Waals surface area (Å²) in [5.74, 6) is 2.44. The second-order valence-corrected chi connectivity index (χ2v) is 7.34. The highest BCUT2D eigenvalue weighted by molar-refractivity contribution is 5.95. The predicted octanol–water partition coefficient (Wildman–Crippen LogP) is 4.77. The first-order chi connectivity index (χ1) is 16.1. The molecule has 1 heterocycles. The number of ether oxygens (including phenoxy) is 2. The summed E-state index contributed by atoms with van der Waals surface area (Å²) in [6.07, 6.45) is 0. The van der Waals surface area contributed by atoms with Crippen LogP contribution in [0.1, 0.15) is 12.5 Å². The molecule has 0 saturated carbocycles. The lowest BCUT2D eigenvalue weighted by molar-refractivity contribution is -0.119. The molecule has 0 aliphatic rings. The quantitative estimate of drug-likeness (QED) is 0.361. The average molecular weight is 444 g/mol. The fourth-order valence-electron chi connectivity index (χ4n) is 3.31. The standard InChI is InChI=1S/C25H25N5O3/c1-16(31)26-15-17-7-9-19(10-8-17)28-25-29-23-21(5-4-6-22(23)33-3)24(30-25)27-18-11-13-20(32-2)14-12-18/h4-14H,15H2,1-3H3,(H,26,31)(H2,27,28,29,30). The monoisotopic (exact) mass is 443 g/mol. The first-order valence-corrected chi connectivity index (χ1v) is 10.4. The molecule has 1 aromatic heterocycles. The summed E-state index contributed by atoms with van der Waals surface area (Å²) in [4.78, 5) is 20.5. The van der Waals surface area contributed by atoms with Gasteiger partial charge in [-0.1, -0.05) is 18.2 Å². The third kappa shape index (κ3) is 5.30. The number of hydrogen-bond donors (Lipinski definition) is 3. The number of nitrogens with one attached hydrogen (secondary N) is 3. The molecule has 0 radical (unpaired) electrons. The molecule has 8 heteroatoms. The molecule has 168 valence electrons. The van der Waals surface area contributed by atoms with Crippen LogP contribution in [0, 0.1) is 0 Å². The minimum absolute atomic E-state index is 0.0624.